The average Bonchev–Trinajstić information content (AvgIpc) is 2.46. The molecule has 2 nitrogen and oxygen atoms in total. The van der Waals surface area contributed by atoms with Crippen molar-refractivity contribution in [2.45, 2.75) is 19.4 Å². The molecule has 2 aromatic rings. The van der Waals surface area contributed by atoms with E-state index in [-0.39, 0.29) is 11.9 Å². The molecule has 0 aromatic heterocycles. The van der Waals surface area contributed by atoms with E-state index < -0.39 is 0 Å². The maximum absolute atomic E-state index is 13.0. The molecule has 1 atom stereocenters. The molecule has 0 amide bonds. The Kier molecular flexibility index (Phi) is 5.13. The van der Waals surface area contributed by atoms with Gasteiger partial charge >= 0.3 is 0 Å². The quantitative estimate of drug-likeness (QED) is 0.862. The van der Waals surface area contributed by atoms with Crippen molar-refractivity contribution < 1.29 is 9.13 Å². The second-order valence-corrected chi connectivity index (χ2v) is 4.82. The molecule has 0 spiro atoms. The first-order chi connectivity index (χ1) is 9.70. The standard InChI is InChI=1S/C17H20FNO/c1-13-5-3-4-6-16(13)20-17(11-12-19-2)14-7-9-15(18)10-8-14/h3-10,17,19H,11-12H2,1-2H3. The SMILES string of the molecule is CNCCC(Oc1ccccc1C)c1ccc(F)cc1. The van der Waals surface area contributed by atoms with E-state index in [1.54, 1.807) is 12.1 Å². The fraction of sp³-hybridized carbons (Fsp3) is 0.294. The average molecular weight is 273 g/mol. The summed E-state index contributed by atoms with van der Waals surface area (Å²) in [5.74, 6) is 0.648. The van der Waals surface area contributed by atoms with Crippen LogP contribution in [0.5, 0.6) is 5.75 Å². The molecule has 0 aliphatic rings. The van der Waals surface area contributed by atoms with Crippen molar-refractivity contribution in [2.24, 2.45) is 0 Å². The van der Waals surface area contributed by atoms with Crippen LogP contribution < -0.4 is 10.1 Å². The summed E-state index contributed by atoms with van der Waals surface area (Å²) < 4.78 is 19.2. The summed E-state index contributed by atoms with van der Waals surface area (Å²) in [6.45, 7) is 2.86. The van der Waals surface area contributed by atoms with E-state index in [1.165, 1.54) is 12.1 Å². The Bertz CT molecular complexity index is 539. The predicted molar refractivity (Wildman–Crippen MR) is 79.5 cm³/mol. The van der Waals surface area contributed by atoms with Crippen LogP contribution in [0.3, 0.4) is 0 Å². The fourth-order valence-corrected chi connectivity index (χ4v) is 2.09. The summed E-state index contributed by atoms with van der Waals surface area (Å²) in [6.07, 6.45) is 0.750. The van der Waals surface area contributed by atoms with E-state index in [1.807, 2.05) is 38.2 Å². The zero-order valence-electron chi connectivity index (χ0n) is 11.9. The third-order valence-electron chi connectivity index (χ3n) is 3.26. The number of rotatable bonds is 6. The van der Waals surface area contributed by atoms with Gasteiger partial charge in [0.05, 0.1) is 0 Å². The molecule has 1 unspecified atom stereocenters. The van der Waals surface area contributed by atoms with Crippen LogP contribution in [0.2, 0.25) is 0 Å². The number of hydrogen-bond donors (Lipinski definition) is 1. The number of hydrogen-bond acceptors (Lipinski definition) is 2. The fourth-order valence-electron chi connectivity index (χ4n) is 2.09. The van der Waals surface area contributed by atoms with Gasteiger partial charge in [-0.1, -0.05) is 30.3 Å². The van der Waals surface area contributed by atoms with Crippen molar-refractivity contribution in [3.05, 3.63) is 65.5 Å². The molecule has 2 aromatic carbocycles. The molecular weight excluding hydrogens is 253 g/mol. The van der Waals surface area contributed by atoms with E-state index in [0.717, 1.165) is 29.8 Å². The van der Waals surface area contributed by atoms with Gasteiger partial charge in [0, 0.05) is 6.42 Å². The predicted octanol–water partition coefficient (Wildman–Crippen LogP) is 3.86. The van der Waals surface area contributed by atoms with Crippen LogP contribution in [0, 0.1) is 12.7 Å². The molecule has 0 fully saturated rings. The Morgan fingerprint density at radius 2 is 1.80 bits per heavy atom. The molecular formula is C17H20FNO. The molecule has 0 saturated carbocycles. The van der Waals surface area contributed by atoms with Gasteiger partial charge in [-0.15, -0.1) is 0 Å². The largest absolute Gasteiger partial charge is 0.485 e. The molecule has 0 radical (unpaired) electrons. The Hall–Kier alpha value is -1.87. The van der Waals surface area contributed by atoms with Crippen molar-refractivity contribution in [3.8, 4) is 5.75 Å². The van der Waals surface area contributed by atoms with Crippen molar-refractivity contribution in [1.29, 1.82) is 0 Å². The van der Waals surface area contributed by atoms with Crippen LogP contribution in [0.4, 0.5) is 4.39 Å². The first-order valence-electron chi connectivity index (χ1n) is 6.83. The van der Waals surface area contributed by atoms with Crippen LogP contribution in [0.15, 0.2) is 48.5 Å². The molecule has 1 N–H and O–H groups in total. The molecule has 2 rings (SSSR count). The lowest BCUT2D eigenvalue weighted by molar-refractivity contribution is 0.193. The van der Waals surface area contributed by atoms with E-state index in [2.05, 4.69) is 5.32 Å². The normalized spacial score (nSPS) is 12.2. The molecule has 106 valence electrons. The van der Waals surface area contributed by atoms with Crippen LogP contribution in [-0.4, -0.2) is 13.6 Å². The van der Waals surface area contributed by atoms with Gasteiger partial charge in [-0.05, 0) is 49.8 Å². The van der Waals surface area contributed by atoms with Crippen LogP contribution in [-0.2, 0) is 0 Å². The Morgan fingerprint density at radius 3 is 2.45 bits per heavy atom. The minimum absolute atomic E-state index is 0.0795. The Morgan fingerprint density at radius 1 is 1.10 bits per heavy atom. The van der Waals surface area contributed by atoms with Crippen molar-refractivity contribution in [1.82, 2.24) is 5.32 Å². The van der Waals surface area contributed by atoms with Gasteiger partial charge in [0.25, 0.3) is 0 Å². The monoisotopic (exact) mass is 273 g/mol. The smallest absolute Gasteiger partial charge is 0.125 e. The highest BCUT2D eigenvalue weighted by Crippen LogP contribution is 2.27. The topological polar surface area (TPSA) is 21.3 Å². The third kappa shape index (κ3) is 3.81. The van der Waals surface area contributed by atoms with Gasteiger partial charge in [0.2, 0.25) is 0 Å². The highest BCUT2D eigenvalue weighted by Gasteiger charge is 2.14. The maximum Gasteiger partial charge on any atom is 0.125 e. The van der Waals surface area contributed by atoms with Gasteiger partial charge in [-0.25, -0.2) is 4.39 Å². The van der Waals surface area contributed by atoms with Crippen molar-refractivity contribution in [2.75, 3.05) is 13.6 Å². The van der Waals surface area contributed by atoms with Crippen LogP contribution in [0.25, 0.3) is 0 Å². The van der Waals surface area contributed by atoms with Gasteiger partial charge in [0.15, 0.2) is 0 Å². The molecule has 20 heavy (non-hydrogen) atoms. The molecule has 0 saturated heterocycles. The first kappa shape index (κ1) is 14.5. The second kappa shape index (κ2) is 7.06. The molecule has 3 heteroatoms. The third-order valence-corrected chi connectivity index (χ3v) is 3.26. The zero-order chi connectivity index (χ0) is 14.4. The summed E-state index contributed by atoms with van der Waals surface area (Å²) in [5, 5.41) is 3.13. The summed E-state index contributed by atoms with van der Waals surface area (Å²) in [5.41, 5.74) is 2.09. The van der Waals surface area contributed by atoms with Crippen LogP contribution in [0.1, 0.15) is 23.7 Å². The number of ether oxygens (including phenoxy) is 1. The lowest BCUT2D eigenvalue weighted by atomic mass is 10.1. The molecule has 0 bridgehead atoms. The maximum atomic E-state index is 13.0. The van der Waals surface area contributed by atoms with E-state index in [9.17, 15) is 4.39 Å². The minimum atomic E-state index is -0.225. The van der Waals surface area contributed by atoms with Gasteiger partial charge in [0.1, 0.15) is 17.7 Å². The number of aryl methyl sites for hydroxylation is 1. The van der Waals surface area contributed by atoms with E-state index in [4.69, 9.17) is 4.74 Å². The van der Waals surface area contributed by atoms with Crippen LogP contribution >= 0.6 is 0 Å². The van der Waals surface area contributed by atoms with Crippen molar-refractivity contribution >= 4 is 0 Å². The van der Waals surface area contributed by atoms with Crippen molar-refractivity contribution in [3.63, 3.8) is 0 Å². The minimum Gasteiger partial charge on any atom is -0.485 e. The zero-order valence-corrected chi connectivity index (χ0v) is 11.9. The second-order valence-electron chi connectivity index (χ2n) is 4.82. The number of benzene rings is 2. The highest BCUT2D eigenvalue weighted by atomic mass is 19.1. The summed E-state index contributed by atoms with van der Waals surface area (Å²) in [6, 6.07) is 14.5. The molecule has 0 aliphatic heterocycles. The van der Waals surface area contributed by atoms with E-state index in [0.29, 0.717) is 0 Å². The van der Waals surface area contributed by atoms with E-state index >= 15 is 0 Å². The van der Waals surface area contributed by atoms with Gasteiger partial charge in [-0.3, -0.25) is 0 Å². The summed E-state index contributed by atoms with van der Waals surface area (Å²) >= 11 is 0. The number of para-hydroxylation sites is 1. The molecule has 0 aliphatic carbocycles. The molecule has 0 heterocycles. The van der Waals surface area contributed by atoms with Gasteiger partial charge < -0.3 is 10.1 Å². The Balaban J connectivity index is 2.19. The number of nitrogens with one attached hydrogen (secondary N) is 1. The Labute approximate surface area is 119 Å². The highest BCUT2D eigenvalue weighted by molar-refractivity contribution is 5.33. The lowest BCUT2D eigenvalue weighted by Crippen LogP contribution is -2.16. The summed E-state index contributed by atoms with van der Waals surface area (Å²) in [7, 11) is 1.91. The number of halogens is 1. The first-order valence-corrected chi connectivity index (χ1v) is 6.83. The lowest BCUT2D eigenvalue weighted by Gasteiger charge is -2.21. The van der Waals surface area contributed by atoms with Gasteiger partial charge in [-0.2, -0.15) is 0 Å². The summed E-state index contributed by atoms with van der Waals surface area (Å²) in [4.78, 5) is 0.